The number of halogens is 1. The Morgan fingerprint density at radius 1 is 1.20 bits per heavy atom. The van der Waals surface area contributed by atoms with Gasteiger partial charge in [0.1, 0.15) is 4.90 Å². The number of sulfonamides is 1. The minimum Gasteiger partial charge on any atom is -0.398 e. The molecule has 0 heterocycles. The van der Waals surface area contributed by atoms with Crippen LogP contribution in [0.25, 0.3) is 0 Å². The first kappa shape index (κ1) is 13.1. The Morgan fingerprint density at radius 3 is 2.45 bits per heavy atom. The number of fused-ring (bicyclic) bond motifs is 5. The van der Waals surface area contributed by atoms with Crippen molar-refractivity contribution in [3.63, 3.8) is 0 Å². The highest BCUT2D eigenvalue weighted by molar-refractivity contribution is 9.10. The number of anilines is 1. The average molecular weight is 357 g/mol. The van der Waals surface area contributed by atoms with Crippen molar-refractivity contribution in [3.05, 3.63) is 22.7 Å². The zero-order chi connectivity index (χ0) is 14.1. The van der Waals surface area contributed by atoms with Crippen LogP contribution in [0.4, 0.5) is 5.69 Å². The van der Waals surface area contributed by atoms with Crippen molar-refractivity contribution in [2.45, 2.75) is 30.2 Å². The first-order valence-electron chi connectivity index (χ1n) is 7.05. The van der Waals surface area contributed by atoms with Crippen LogP contribution in [0, 0.1) is 23.7 Å². The Labute approximate surface area is 127 Å². The molecule has 0 amide bonds. The van der Waals surface area contributed by atoms with Gasteiger partial charge in [-0.05, 0) is 61.1 Å². The molecule has 1 aromatic rings. The number of hydrogen-bond donors (Lipinski definition) is 2. The van der Waals surface area contributed by atoms with Crippen LogP contribution in [0.2, 0.25) is 0 Å². The fourth-order valence-corrected chi connectivity index (χ4v) is 6.28. The molecule has 0 aromatic heterocycles. The summed E-state index contributed by atoms with van der Waals surface area (Å²) in [6, 6.07) is 5.05. The van der Waals surface area contributed by atoms with E-state index in [4.69, 9.17) is 5.73 Å². The fourth-order valence-electron chi connectivity index (χ4n) is 4.49. The van der Waals surface area contributed by atoms with Gasteiger partial charge in [-0.25, -0.2) is 13.1 Å². The molecule has 0 spiro atoms. The van der Waals surface area contributed by atoms with E-state index in [2.05, 4.69) is 20.7 Å². The van der Waals surface area contributed by atoms with E-state index in [1.54, 1.807) is 18.2 Å². The second-order valence-electron chi connectivity index (χ2n) is 6.32. The van der Waals surface area contributed by atoms with E-state index in [1.165, 1.54) is 19.3 Å². The molecule has 3 aliphatic carbocycles. The van der Waals surface area contributed by atoms with Crippen LogP contribution in [0.3, 0.4) is 0 Å². The Kier molecular flexibility index (Phi) is 2.76. The molecule has 4 atom stereocenters. The Balaban J connectivity index is 1.57. The van der Waals surface area contributed by atoms with Gasteiger partial charge in [0.15, 0.2) is 0 Å². The standard InChI is InChI=1S/C14H17BrN2O2S/c15-9-3-4-11(10(16)6-9)20(18,19)17-14-12-7-1-2-8(5-7)13(12)14/h3-4,6-8,12-14,17H,1-2,5,16H2. The second-order valence-corrected chi connectivity index (χ2v) is 8.92. The van der Waals surface area contributed by atoms with Crippen LogP contribution >= 0.6 is 15.9 Å². The lowest BCUT2D eigenvalue weighted by Crippen LogP contribution is -2.30. The largest absolute Gasteiger partial charge is 0.398 e. The molecule has 4 nitrogen and oxygen atoms in total. The molecule has 3 N–H and O–H groups in total. The fraction of sp³-hybridized carbons (Fsp3) is 0.571. The van der Waals surface area contributed by atoms with Crippen molar-refractivity contribution in [3.8, 4) is 0 Å². The summed E-state index contributed by atoms with van der Waals surface area (Å²) >= 11 is 3.29. The van der Waals surface area contributed by atoms with Gasteiger partial charge in [0.05, 0.1) is 5.69 Å². The molecule has 2 bridgehead atoms. The monoisotopic (exact) mass is 356 g/mol. The summed E-state index contributed by atoms with van der Waals surface area (Å²) in [4.78, 5) is 0.193. The average Bonchev–Trinajstić information content (AvgIpc) is 2.78. The van der Waals surface area contributed by atoms with Crippen molar-refractivity contribution < 1.29 is 8.42 Å². The van der Waals surface area contributed by atoms with E-state index in [0.717, 1.165) is 16.3 Å². The number of nitrogens with one attached hydrogen (secondary N) is 1. The summed E-state index contributed by atoms with van der Waals surface area (Å²) in [5.74, 6) is 2.67. The van der Waals surface area contributed by atoms with Crippen LogP contribution in [-0.2, 0) is 10.0 Å². The number of hydrogen-bond acceptors (Lipinski definition) is 3. The van der Waals surface area contributed by atoms with Crippen molar-refractivity contribution in [1.82, 2.24) is 4.72 Å². The molecule has 0 radical (unpaired) electrons. The van der Waals surface area contributed by atoms with Crippen molar-refractivity contribution >= 4 is 31.6 Å². The van der Waals surface area contributed by atoms with Gasteiger partial charge < -0.3 is 5.73 Å². The van der Waals surface area contributed by atoms with Crippen molar-refractivity contribution in [1.29, 1.82) is 0 Å². The van der Waals surface area contributed by atoms with Gasteiger partial charge in [0.2, 0.25) is 10.0 Å². The van der Waals surface area contributed by atoms with Crippen LogP contribution in [0.5, 0.6) is 0 Å². The maximum absolute atomic E-state index is 12.5. The normalized spacial score (nSPS) is 38.0. The predicted molar refractivity (Wildman–Crippen MR) is 80.5 cm³/mol. The summed E-state index contributed by atoms with van der Waals surface area (Å²) in [6.07, 6.45) is 3.88. The summed E-state index contributed by atoms with van der Waals surface area (Å²) in [5, 5.41) is 0. The molecular weight excluding hydrogens is 340 g/mol. The van der Waals surface area contributed by atoms with E-state index < -0.39 is 10.0 Å². The first-order chi connectivity index (χ1) is 9.47. The molecule has 0 saturated heterocycles. The first-order valence-corrected chi connectivity index (χ1v) is 9.32. The number of benzene rings is 1. The van der Waals surface area contributed by atoms with Gasteiger partial charge >= 0.3 is 0 Å². The zero-order valence-corrected chi connectivity index (χ0v) is 13.3. The molecular formula is C14H17BrN2O2S. The molecule has 3 fully saturated rings. The summed E-state index contributed by atoms with van der Waals surface area (Å²) in [6.45, 7) is 0. The molecule has 4 rings (SSSR count). The molecule has 0 aliphatic heterocycles. The van der Waals surface area contributed by atoms with Crippen LogP contribution in [0.15, 0.2) is 27.6 Å². The highest BCUT2D eigenvalue weighted by Gasteiger charge is 2.65. The maximum Gasteiger partial charge on any atom is 0.242 e. The van der Waals surface area contributed by atoms with Gasteiger partial charge in [-0.2, -0.15) is 0 Å². The van der Waals surface area contributed by atoms with E-state index in [9.17, 15) is 8.42 Å². The van der Waals surface area contributed by atoms with Gasteiger partial charge in [0, 0.05) is 10.5 Å². The quantitative estimate of drug-likeness (QED) is 0.816. The van der Waals surface area contributed by atoms with Gasteiger partial charge in [-0.3, -0.25) is 0 Å². The minimum absolute atomic E-state index is 0.147. The lowest BCUT2D eigenvalue weighted by molar-refractivity contribution is 0.456. The highest BCUT2D eigenvalue weighted by atomic mass is 79.9. The maximum atomic E-state index is 12.5. The van der Waals surface area contributed by atoms with Crippen LogP contribution < -0.4 is 10.5 Å². The van der Waals surface area contributed by atoms with E-state index in [-0.39, 0.29) is 10.9 Å². The number of nitrogens with two attached hydrogens (primary N) is 1. The number of nitrogen functional groups attached to an aromatic ring is 1. The molecule has 20 heavy (non-hydrogen) atoms. The van der Waals surface area contributed by atoms with E-state index in [0.29, 0.717) is 17.5 Å². The van der Waals surface area contributed by atoms with Crippen molar-refractivity contribution in [2.75, 3.05) is 5.73 Å². The molecule has 4 unspecified atom stereocenters. The third kappa shape index (κ3) is 1.84. The number of rotatable bonds is 3. The van der Waals surface area contributed by atoms with E-state index >= 15 is 0 Å². The second kappa shape index (κ2) is 4.21. The summed E-state index contributed by atoms with van der Waals surface area (Å²) < 4.78 is 28.6. The highest BCUT2D eigenvalue weighted by Crippen LogP contribution is 2.65. The summed E-state index contributed by atoms with van der Waals surface area (Å²) in [7, 11) is -3.50. The Bertz CT molecular complexity index is 660. The SMILES string of the molecule is Nc1cc(Br)ccc1S(=O)(=O)NC1C2C3CCC(C3)C12. The lowest BCUT2D eigenvalue weighted by Gasteiger charge is -2.12. The van der Waals surface area contributed by atoms with Crippen molar-refractivity contribution in [2.24, 2.45) is 23.7 Å². The summed E-state index contributed by atoms with van der Waals surface area (Å²) in [5.41, 5.74) is 6.13. The Hall–Kier alpha value is -0.590. The lowest BCUT2D eigenvalue weighted by atomic mass is 10.0. The Morgan fingerprint density at radius 2 is 1.85 bits per heavy atom. The van der Waals surface area contributed by atoms with Crippen LogP contribution in [-0.4, -0.2) is 14.5 Å². The van der Waals surface area contributed by atoms with Gasteiger partial charge in [0.25, 0.3) is 0 Å². The van der Waals surface area contributed by atoms with E-state index in [1.807, 2.05) is 0 Å². The molecule has 108 valence electrons. The molecule has 6 heteroatoms. The zero-order valence-electron chi connectivity index (χ0n) is 10.9. The minimum atomic E-state index is -3.50. The topological polar surface area (TPSA) is 72.2 Å². The smallest absolute Gasteiger partial charge is 0.242 e. The van der Waals surface area contributed by atoms with Gasteiger partial charge in [-0.1, -0.05) is 15.9 Å². The third-order valence-corrected chi connectivity index (χ3v) is 7.31. The van der Waals surface area contributed by atoms with Gasteiger partial charge in [-0.15, -0.1) is 0 Å². The molecule has 3 saturated carbocycles. The van der Waals surface area contributed by atoms with Crippen LogP contribution in [0.1, 0.15) is 19.3 Å². The molecule has 1 aromatic carbocycles. The predicted octanol–water partition coefficient (Wildman–Crippen LogP) is 2.35. The third-order valence-electron chi connectivity index (χ3n) is 5.29. The molecule has 3 aliphatic rings.